The van der Waals surface area contributed by atoms with Crippen molar-refractivity contribution in [3.05, 3.63) is 75.3 Å². The topological polar surface area (TPSA) is 107 Å². The van der Waals surface area contributed by atoms with Gasteiger partial charge in [-0.05, 0) is 18.6 Å². The van der Waals surface area contributed by atoms with E-state index in [9.17, 15) is 19.1 Å². The van der Waals surface area contributed by atoms with Crippen LogP contribution in [0.5, 0.6) is 0 Å². The zero-order valence-corrected chi connectivity index (χ0v) is 12.9. The number of nitro groups is 1. The fourth-order valence-corrected chi connectivity index (χ4v) is 2.48. The van der Waals surface area contributed by atoms with Gasteiger partial charge in [-0.1, -0.05) is 30.3 Å². The van der Waals surface area contributed by atoms with E-state index in [2.05, 4.69) is 0 Å². The summed E-state index contributed by atoms with van der Waals surface area (Å²) in [6, 6.07) is 12.1. The van der Waals surface area contributed by atoms with E-state index in [1.807, 2.05) is 0 Å². The van der Waals surface area contributed by atoms with Gasteiger partial charge in [-0.3, -0.25) is 23.6 Å². The second-order valence-electron chi connectivity index (χ2n) is 4.68. The summed E-state index contributed by atoms with van der Waals surface area (Å²) in [7, 11) is 0. The minimum Gasteiger partial charge on any atom is -0.289 e. The molecule has 0 aromatic heterocycles. The Kier molecular flexibility index (Phi) is 5.32. The van der Waals surface area contributed by atoms with Crippen LogP contribution < -0.4 is 0 Å². The second-order valence-corrected chi connectivity index (χ2v) is 5.31. The van der Waals surface area contributed by atoms with Crippen LogP contribution in [0.1, 0.15) is 34.5 Å². The van der Waals surface area contributed by atoms with Crippen LogP contribution in [0.15, 0.2) is 48.5 Å². The number of carbonyl (C=O) groups is 1. The van der Waals surface area contributed by atoms with E-state index in [1.165, 1.54) is 25.1 Å². The molecule has 8 heteroatoms. The first-order valence-corrected chi connectivity index (χ1v) is 7.59. The van der Waals surface area contributed by atoms with E-state index in [4.69, 9.17) is 8.74 Å². The lowest BCUT2D eigenvalue weighted by atomic mass is 9.95. The predicted molar refractivity (Wildman–Crippen MR) is 83.2 cm³/mol. The molecular formula is C15H13NO6S. The van der Waals surface area contributed by atoms with Gasteiger partial charge in [0.2, 0.25) is 0 Å². The molecule has 2 atom stereocenters. The van der Waals surface area contributed by atoms with Gasteiger partial charge in [0.05, 0.1) is 4.92 Å². The zero-order valence-electron chi connectivity index (χ0n) is 12.0. The molecule has 2 aromatic rings. The molecule has 0 bridgehead atoms. The molecule has 0 aliphatic carbocycles. The Balaban J connectivity index is 2.51. The fraction of sp³-hybridized carbons (Fsp3) is 0.133. The van der Waals surface area contributed by atoms with E-state index in [0.717, 1.165) is 0 Å². The Labute approximate surface area is 134 Å². The predicted octanol–water partition coefficient (Wildman–Crippen LogP) is 3.04. The van der Waals surface area contributed by atoms with Gasteiger partial charge in [0.1, 0.15) is 6.10 Å². The van der Waals surface area contributed by atoms with Crippen LogP contribution in [0.4, 0.5) is 5.69 Å². The van der Waals surface area contributed by atoms with Gasteiger partial charge in [-0.25, -0.2) is 0 Å². The summed E-state index contributed by atoms with van der Waals surface area (Å²) in [4.78, 5) is 22.9. The Morgan fingerprint density at radius 3 is 2.48 bits per heavy atom. The van der Waals surface area contributed by atoms with Crippen LogP contribution in [0.25, 0.3) is 0 Å². The van der Waals surface area contributed by atoms with Gasteiger partial charge in [0, 0.05) is 23.3 Å². The largest absolute Gasteiger partial charge is 0.302 e. The van der Waals surface area contributed by atoms with Crippen molar-refractivity contribution in [1.29, 1.82) is 0 Å². The number of ketones is 1. The third-order valence-electron chi connectivity index (χ3n) is 3.19. The SMILES string of the molecule is CC(OS(=O)O)c1cc([N+](=O)[O-])ccc1C(=O)c1ccccc1. The van der Waals surface area contributed by atoms with Crippen molar-refractivity contribution in [3.8, 4) is 0 Å². The molecule has 0 radical (unpaired) electrons. The van der Waals surface area contributed by atoms with Gasteiger partial charge in [-0.2, -0.15) is 4.21 Å². The molecular weight excluding hydrogens is 322 g/mol. The van der Waals surface area contributed by atoms with Crippen molar-refractivity contribution < 1.29 is 22.7 Å². The first-order valence-electron chi connectivity index (χ1n) is 6.56. The monoisotopic (exact) mass is 335 g/mol. The standard InChI is InChI=1S/C15H13NO6S/c1-10(22-23(20)21)14-9-12(16(18)19)7-8-13(14)15(17)11-5-3-2-4-6-11/h2-10H,1H3,(H,20,21). The normalized spacial score (nSPS) is 13.3. The summed E-state index contributed by atoms with van der Waals surface area (Å²) >= 11 is -2.56. The molecule has 0 fully saturated rings. The number of carbonyl (C=O) groups excluding carboxylic acids is 1. The molecule has 120 valence electrons. The van der Waals surface area contributed by atoms with Crippen molar-refractivity contribution >= 4 is 22.8 Å². The van der Waals surface area contributed by atoms with Crippen LogP contribution in [0, 0.1) is 10.1 Å². The number of non-ortho nitro benzene ring substituents is 1. The molecule has 0 amide bonds. The molecule has 0 aliphatic heterocycles. The smallest absolute Gasteiger partial charge is 0.289 e. The maximum Gasteiger partial charge on any atom is 0.302 e. The molecule has 0 saturated carbocycles. The van der Waals surface area contributed by atoms with Crippen LogP contribution in [-0.2, 0) is 15.5 Å². The second kappa shape index (κ2) is 7.23. The molecule has 2 aromatic carbocycles. The number of hydrogen-bond acceptors (Lipinski definition) is 5. The van der Waals surface area contributed by atoms with Crippen molar-refractivity contribution in [2.75, 3.05) is 0 Å². The quantitative estimate of drug-likeness (QED) is 0.376. The van der Waals surface area contributed by atoms with Crippen molar-refractivity contribution in [2.24, 2.45) is 0 Å². The highest BCUT2D eigenvalue weighted by molar-refractivity contribution is 7.74. The first kappa shape index (κ1) is 16.9. The van der Waals surface area contributed by atoms with Gasteiger partial charge in [0.25, 0.3) is 5.69 Å². The minimum absolute atomic E-state index is 0.176. The molecule has 0 spiro atoms. The van der Waals surface area contributed by atoms with E-state index in [1.54, 1.807) is 30.3 Å². The van der Waals surface area contributed by atoms with Crippen LogP contribution >= 0.6 is 0 Å². The highest BCUT2D eigenvalue weighted by atomic mass is 32.2. The Hall–Kier alpha value is -2.42. The van der Waals surface area contributed by atoms with Crippen LogP contribution in [0.3, 0.4) is 0 Å². The summed E-state index contributed by atoms with van der Waals surface area (Å²) in [6.07, 6.45) is -0.969. The van der Waals surface area contributed by atoms with E-state index < -0.39 is 22.4 Å². The van der Waals surface area contributed by atoms with E-state index in [0.29, 0.717) is 5.56 Å². The highest BCUT2D eigenvalue weighted by Gasteiger charge is 2.22. The summed E-state index contributed by atoms with van der Waals surface area (Å²) in [5.41, 5.74) is 0.527. The maximum absolute atomic E-state index is 12.6. The van der Waals surface area contributed by atoms with Crippen molar-refractivity contribution in [1.82, 2.24) is 0 Å². The average molecular weight is 335 g/mol. The summed E-state index contributed by atoms with van der Waals surface area (Å²) < 4.78 is 24.4. The van der Waals surface area contributed by atoms with Gasteiger partial charge < -0.3 is 0 Å². The number of nitrogens with zero attached hydrogens (tertiary/aromatic N) is 1. The molecule has 1 N–H and O–H groups in total. The molecule has 0 aliphatic rings. The highest BCUT2D eigenvalue weighted by Crippen LogP contribution is 2.28. The maximum atomic E-state index is 12.6. The lowest BCUT2D eigenvalue weighted by Gasteiger charge is -2.14. The van der Waals surface area contributed by atoms with E-state index in [-0.39, 0.29) is 22.6 Å². The molecule has 2 rings (SSSR count). The summed E-state index contributed by atoms with van der Waals surface area (Å²) in [6.45, 7) is 1.44. The fourth-order valence-electron chi connectivity index (χ4n) is 2.13. The van der Waals surface area contributed by atoms with Crippen molar-refractivity contribution in [3.63, 3.8) is 0 Å². The number of rotatable bonds is 6. The third kappa shape index (κ3) is 4.07. The first-order chi connectivity index (χ1) is 10.9. The molecule has 2 unspecified atom stereocenters. The van der Waals surface area contributed by atoms with Gasteiger partial charge in [0.15, 0.2) is 5.78 Å². The lowest BCUT2D eigenvalue weighted by molar-refractivity contribution is -0.385. The van der Waals surface area contributed by atoms with Crippen molar-refractivity contribution in [2.45, 2.75) is 13.0 Å². The Bertz CT molecular complexity index is 762. The number of benzene rings is 2. The molecule has 0 heterocycles. The molecule has 23 heavy (non-hydrogen) atoms. The third-order valence-corrected chi connectivity index (χ3v) is 3.64. The van der Waals surface area contributed by atoms with Gasteiger partial charge >= 0.3 is 11.4 Å². The molecule has 0 saturated heterocycles. The minimum atomic E-state index is -2.56. The molecule has 7 nitrogen and oxygen atoms in total. The van der Waals surface area contributed by atoms with Gasteiger partial charge in [-0.15, -0.1) is 0 Å². The summed E-state index contributed by atoms with van der Waals surface area (Å²) in [5, 5.41) is 10.9. The zero-order chi connectivity index (χ0) is 17.0. The van der Waals surface area contributed by atoms with Crippen LogP contribution in [-0.4, -0.2) is 19.5 Å². The number of hydrogen-bond donors (Lipinski definition) is 1. The Morgan fingerprint density at radius 1 is 1.26 bits per heavy atom. The lowest BCUT2D eigenvalue weighted by Crippen LogP contribution is -2.11. The van der Waals surface area contributed by atoms with E-state index >= 15 is 0 Å². The average Bonchev–Trinajstić information content (AvgIpc) is 2.53. The number of nitro benzene ring substituents is 1. The summed E-state index contributed by atoms with van der Waals surface area (Å²) in [5.74, 6) is -0.352. The Morgan fingerprint density at radius 2 is 1.91 bits per heavy atom. The van der Waals surface area contributed by atoms with Crippen LogP contribution in [0.2, 0.25) is 0 Å².